The van der Waals surface area contributed by atoms with Crippen LogP contribution in [0.1, 0.15) is 22.3 Å². The van der Waals surface area contributed by atoms with Gasteiger partial charge in [0.15, 0.2) is 0 Å². The second kappa shape index (κ2) is 13.9. The molecule has 0 bridgehead atoms. The number of benzene rings is 10. The number of rotatable bonds is 6. The summed E-state index contributed by atoms with van der Waals surface area (Å²) in [6.07, 6.45) is 0. The molecule has 10 aromatic carbocycles. The van der Waals surface area contributed by atoms with Crippen LogP contribution in [0.3, 0.4) is 0 Å². The maximum absolute atomic E-state index is 7.04. The van der Waals surface area contributed by atoms with Gasteiger partial charge in [-0.1, -0.05) is 194 Å². The highest BCUT2D eigenvalue weighted by molar-refractivity contribution is 6.19. The van der Waals surface area contributed by atoms with Crippen LogP contribution in [0.4, 0.5) is 17.1 Å². The fourth-order valence-electron chi connectivity index (χ4n) is 10.8. The summed E-state index contributed by atoms with van der Waals surface area (Å²) in [6.45, 7) is 0. The van der Waals surface area contributed by atoms with Crippen molar-refractivity contribution in [1.29, 1.82) is 0 Å². The Kier molecular flexibility index (Phi) is 7.85. The number of hydrogen-bond acceptors (Lipinski definition) is 2. The molecule has 0 unspecified atom stereocenters. The predicted octanol–water partition coefficient (Wildman–Crippen LogP) is 16.4. The molecule has 0 radical (unpaired) electrons. The molecule has 294 valence electrons. The minimum absolute atomic E-state index is 0.607. The van der Waals surface area contributed by atoms with Gasteiger partial charge in [-0.3, -0.25) is 0 Å². The normalized spacial score (nSPS) is 12.9. The zero-order valence-corrected chi connectivity index (χ0v) is 34.4. The SMILES string of the molecule is c1ccc(-c2ccc(N(c3ccc(-c4ccccc4)cc3)c3c4c(cc5oc6ccccc6c35)C3(c5ccccc5-c5ccccc53)c3cc(-c5ccccc5)ccc3-4)cc2)cc1. The van der Waals surface area contributed by atoms with Crippen LogP contribution in [0, 0.1) is 0 Å². The van der Waals surface area contributed by atoms with E-state index in [4.69, 9.17) is 4.42 Å². The second-order valence-corrected chi connectivity index (χ2v) is 16.7. The van der Waals surface area contributed by atoms with Gasteiger partial charge in [0.05, 0.1) is 16.5 Å². The highest BCUT2D eigenvalue weighted by Crippen LogP contribution is 2.66. The Bertz CT molecular complexity index is 3400. The Morgan fingerprint density at radius 3 is 1.35 bits per heavy atom. The molecule has 2 aliphatic rings. The summed E-state index contributed by atoms with van der Waals surface area (Å²) in [4.78, 5) is 2.49. The van der Waals surface area contributed by atoms with Crippen LogP contribution in [0.2, 0.25) is 0 Å². The quantitative estimate of drug-likeness (QED) is 0.167. The van der Waals surface area contributed by atoms with Crippen molar-refractivity contribution in [1.82, 2.24) is 0 Å². The first kappa shape index (κ1) is 35.5. The highest BCUT2D eigenvalue weighted by atomic mass is 16.3. The Hall–Kier alpha value is -8.20. The van der Waals surface area contributed by atoms with Gasteiger partial charge in [-0.05, 0) is 115 Å². The van der Waals surface area contributed by atoms with E-state index in [-0.39, 0.29) is 0 Å². The maximum atomic E-state index is 7.04. The molecule has 0 aliphatic heterocycles. The Morgan fingerprint density at radius 1 is 0.317 bits per heavy atom. The van der Waals surface area contributed by atoms with Crippen molar-refractivity contribution >= 4 is 39.0 Å². The lowest BCUT2D eigenvalue weighted by Crippen LogP contribution is -2.26. The zero-order valence-electron chi connectivity index (χ0n) is 34.4. The third-order valence-corrected chi connectivity index (χ3v) is 13.5. The first-order valence-corrected chi connectivity index (χ1v) is 21.8. The van der Waals surface area contributed by atoms with E-state index >= 15 is 0 Å². The van der Waals surface area contributed by atoms with Crippen molar-refractivity contribution in [3.63, 3.8) is 0 Å². The van der Waals surface area contributed by atoms with Crippen molar-refractivity contribution in [2.75, 3.05) is 4.90 Å². The van der Waals surface area contributed by atoms with E-state index < -0.39 is 5.41 Å². The van der Waals surface area contributed by atoms with Crippen LogP contribution >= 0.6 is 0 Å². The number of para-hydroxylation sites is 1. The molecule has 13 rings (SSSR count). The first-order valence-electron chi connectivity index (χ1n) is 21.8. The lowest BCUT2D eigenvalue weighted by atomic mass is 9.70. The van der Waals surface area contributed by atoms with Gasteiger partial charge >= 0.3 is 0 Å². The molecule has 2 nitrogen and oxygen atoms in total. The van der Waals surface area contributed by atoms with Crippen LogP contribution in [0.25, 0.3) is 77.6 Å². The van der Waals surface area contributed by atoms with E-state index in [0.29, 0.717) is 0 Å². The largest absolute Gasteiger partial charge is 0.456 e. The molecule has 0 atom stereocenters. The van der Waals surface area contributed by atoms with E-state index in [0.717, 1.165) is 39.0 Å². The van der Waals surface area contributed by atoms with Crippen molar-refractivity contribution in [2.45, 2.75) is 5.41 Å². The fraction of sp³-hybridized carbons (Fsp3) is 0.0164. The average molecular weight is 802 g/mol. The molecule has 1 spiro atoms. The van der Waals surface area contributed by atoms with Crippen molar-refractivity contribution in [2.24, 2.45) is 0 Å². The Morgan fingerprint density at radius 2 is 0.778 bits per heavy atom. The van der Waals surface area contributed by atoms with Gasteiger partial charge in [-0.15, -0.1) is 0 Å². The fourth-order valence-corrected chi connectivity index (χ4v) is 10.8. The summed E-state index contributed by atoms with van der Waals surface area (Å²) < 4.78 is 7.04. The zero-order chi connectivity index (χ0) is 41.5. The van der Waals surface area contributed by atoms with E-state index in [1.54, 1.807) is 0 Å². The van der Waals surface area contributed by atoms with Crippen LogP contribution in [-0.4, -0.2) is 0 Å². The monoisotopic (exact) mass is 801 g/mol. The number of hydrogen-bond donors (Lipinski definition) is 0. The van der Waals surface area contributed by atoms with Crippen molar-refractivity contribution in [3.8, 4) is 55.6 Å². The summed E-state index contributed by atoms with van der Waals surface area (Å²) in [5.74, 6) is 0. The molecule has 11 aromatic rings. The lowest BCUT2D eigenvalue weighted by Gasteiger charge is -2.32. The summed E-state index contributed by atoms with van der Waals surface area (Å²) in [7, 11) is 0. The van der Waals surface area contributed by atoms with Crippen LogP contribution in [0.5, 0.6) is 0 Å². The maximum Gasteiger partial charge on any atom is 0.137 e. The number of fused-ring (bicyclic) bond motifs is 13. The summed E-state index contributed by atoms with van der Waals surface area (Å²) in [5, 5.41) is 2.19. The standard InChI is InChI=1S/C61H39NO/c1-4-16-40(17-5-1)43-28-33-46(34-29-43)62(47-35-30-44(31-36-47)41-18-6-2-7-19-41)60-58-50-37-32-45(42-20-8-3-9-21-42)38-54(50)61(52-25-13-10-22-48(52)49-23-11-14-26-53(49)61)55(58)39-57-59(60)51-24-12-15-27-56(51)63-57/h1-39H. The van der Waals surface area contributed by atoms with Gasteiger partial charge in [0.2, 0.25) is 0 Å². The van der Waals surface area contributed by atoms with Gasteiger partial charge in [-0.2, -0.15) is 0 Å². The van der Waals surface area contributed by atoms with Crippen molar-refractivity contribution < 1.29 is 4.42 Å². The second-order valence-electron chi connectivity index (χ2n) is 16.7. The number of nitrogens with zero attached hydrogens (tertiary/aromatic N) is 1. The molecule has 63 heavy (non-hydrogen) atoms. The third-order valence-electron chi connectivity index (χ3n) is 13.5. The Labute approximate surface area is 366 Å². The number of furan rings is 1. The van der Waals surface area contributed by atoms with Gasteiger partial charge in [0.25, 0.3) is 0 Å². The van der Waals surface area contributed by atoms with E-state index in [9.17, 15) is 0 Å². The minimum atomic E-state index is -0.607. The van der Waals surface area contributed by atoms with Crippen LogP contribution in [0.15, 0.2) is 241 Å². The van der Waals surface area contributed by atoms with Crippen molar-refractivity contribution in [3.05, 3.63) is 259 Å². The third kappa shape index (κ3) is 5.25. The molecule has 0 saturated heterocycles. The summed E-state index contributed by atoms with van der Waals surface area (Å²) in [6, 6.07) is 86.4. The van der Waals surface area contributed by atoms with Crippen LogP contribution < -0.4 is 4.90 Å². The van der Waals surface area contributed by atoms with Gasteiger partial charge < -0.3 is 9.32 Å². The van der Waals surface area contributed by atoms with Gasteiger partial charge in [0.1, 0.15) is 11.2 Å². The highest BCUT2D eigenvalue weighted by Gasteiger charge is 2.53. The van der Waals surface area contributed by atoms with Gasteiger partial charge in [0, 0.05) is 22.3 Å². The predicted molar refractivity (Wildman–Crippen MR) is 261 cm³/mol. The van der Waals surface area contributed by atoms with Gasteiger partial charge in [-0.25, -0.2) is 0 Å². The molecular formula is C61H39NO. The van der Waals surface area contributed by atoms with Crippen LogP contribution in [-0.2, 0) is 5.41 Å². The first-order chi connectivity index (χ1) is 31.3. The average Bonchev–Trinajstić information content (AvgIpc) is 3.99. The lowest BCUT2D eigenvalue weighted by molar-refractivity contribution is 0.666. The molecule has 0 N–H and O–H groups in total. The molecule has 0 saturated carbocycles. The molecule has 0 amide bonds. The Balaban J connectivity index is 1.17. The van der Waals surface area contributed by atoms with E-state index in [1.807, 2.05) is 0 Å². The topological polar surface area (TPSA) is 16.4 Å². The molecule has 2 aliphatic carbocycles. The van der Waals surface area contributed by atoms with E-state index in [1.165, 1.54) is 77.9 Å². The smallest absolute Gasteiger partial charge is 0.137 e. The molecule has 1 heterocycles. The minimum Gasteiger partial charge on any atom is -0.456 e. The molecule has 2 heteroatoms. The van der Waals surface area contributed by atoms with E-state index in [2.05, 4.69) is 241 Å². The molecule has 1 aromatic heterocycles. The summed E-state index contributed by atoms with van der Waals surface area (Å²) >= 11 is 0. The number of anilines is 3. The molecular weight excluding hydrogens is 763 g/mol. The molecule has 0 fully saturated rings. The summed E-state index contributed by atoms with van der Waals surface area (Å²) in [5.41, 5.74) is 21.6.